The van der Waals surface area contributed by atoms with Crippen LogP contribution in [0.5, 0.6) is 0 Å². The van der Waals surface area contributed by atoms with Gasteiger partial charge in [-0.2, -0.15) is 0 Å². The zero-order valence-corrected chi connectivity index (χ0v) is 15.4. The van der Waals surface area contributed by atoms with E-state index in [9.17, 15) is 4.39 Å². The Balaban J connectivity index is 0.00000176. The molecule has 1 heterocycles. The molecule has 3 rings (SSSR count). The monoisotopic (exact) mass is 417 g/mol. The molecule has 1 aromatic rings. The van der Waals surface area contributed by atoms with Crippen LogP contribution < -0.4 is 5.73 Å². The average Bonchev–Trinajstić information content (AvgIpc) is 3.27. The molecule has 5 heteroatoms. The summed E-state index contributed by atoms with van der Waals surface area (Å²) in [7, 11) is 0. The standard InChI is InChI=1S/C17H24FN3.HI/c1-13-6-10-21(11-7-13)16(19)20-12-17(8-9-17)14-2-4-15(18)5-3-14;/h2-5,13H,6-12H2,1H3,(H2,19,20);1H. The Morgan fingerprint density at radius 1 is 1.27 bits per heavy atom. The molecule has 2 aliphatic rings. The number of piperidine rings is 1. The summed E-state index contributed by atoms with van der Waals surface area (Å²) in [5.41, 5.74) is 7.43. The highest BCUT2D eigenvalue weighted by Gasteiger charge is 2.44. The van der Waals surface area contributed by atoms with E-state index in [0.717, 1.165) is 38.4 Å². The Kier molecular flexibility index (Phi) is 5.69. The molecular formula is C17H25FIN3. The van der Waals surface area contributed by atoms with E-state index in [0.29, 0.717) is 5.96 Å². The molecule has 0 amide bonds. The van der Waals surface area contributed by atoms with Crippen LogP contribution in [-0.4, -0.2) is 30.5 Å². The molecule has 0 spiro atoms. The molecule has 0 bridgehead atoms. The predicted octanol–water partition coefficient (Wildman–Crippen LogP) is 3.52. The fourth-order valence-corrected chi connectivity index (χ4v) is 3.06. The van der Waals surface area contributed by atoms with Gasteiger partial charge in [0.15, 0.2) is 5.96 Å². The van der Waals surface area contributed by atoms with Crippen LogP contribution in [0.4, 0.5) is 4.39 Å². The second-order valence-electron chi connectivity index (χ2n) is 6.63. The third-order valence-electron chi connectivity index (χ3n) is 4.96. The maximum atomic E-state index is 13.0. The van der Waals surface area contributed by atoms with Gasteiger partial charge < -0.3 is 10.6 Å². The maximum Gasteiger partial charge on any atom is 0.191 e. The predicted molar refractivity (Wildman–Crippen MR) is 99.2 cm³/mol. The van der Waals surface area contributed by atoms with Gasteiger partial charge in [0.1, 0.15) is 5.82 Å². The summed E-state index contributed by atoms with van der Waals surface area (Å²) in [5.74, 6) is 1.29. The van der Waals surface area contributed by atoms with E-state index >= 15 is 0 Å². The quantitative estimate of drug-likeness (QED) is 0.465. The van der Waals surface area contributed by atoms with Crippen molar-refractivity contribution in [1.82, 2.24) is 4.90 Å². The lowest BCUT2D eigenvalue weighted by molar-refractivity contribution is 0.277. The van der Waals surface area contributed by atoms with E-state index in [-0.39, 0.29) is 35.2 Å². The van der Waals surface area contributed by atoms with Crippen molar-refractivity contribution in [2.75, 3.05) is 19.6 Å². The van der Waals surface area contributed by atoms with Crippen LogP contribution in [0.2, 0.25) is 0 Å². The fourth-order valence-electron chi connectivity index (χ4n) is 3.06. The molecule has 1 aromatic carbocycles. The molecular weight excluding hydrogens is 392 g/mol. The number of likely N-dealkylation sites (tertiary alicyclic amines) is 1. The molecule has 0 unspecified atom stereocenters. The third-order valence-corrected chi connectivity index (χ3v) is 4.96. The number of rotatable bonds is 3. The van der Waals surface area contributed by atoms with Gasteiger partial charge in [0.2, 0.25) is 0 Å². The van der Waals surface area contributed by atoms with Crippen molar-refractivity contribution in [2.24, 2.45) is 16.6 Å². The largest absolute Gasteiger partial charge is 0.370 e. The SMILES string of the molecule is CC1CCN(C(N)=NCC2(c3ccc(F)cc3)CC2)CC1.I. The van der Waals surface area contributed by atoms with Gasteiger partial charge in [0.25, 0.3) is 0 Å². The maximum absolute atomic E-state index is 13.0. The smallest absolute Gasteiger partial charge is 0.191 e. The van der Waals surface area contributed by atoms with E-state index in [1.54, 1.807) is 0 Å². The summed E-state index contributed by atoms with van der Waals surface area (Å²) in [6.45, 7) is 5.04. The first-order valence-corrected chi connectivity index (χ1v) is 7.90. The van der Waals surface area contributed by atoms with Crippen LogP contribution in [-0.2, 0) is 5.41 Å². The van der Waals surface area contributed by atoms with Crippen molar-refractivity contribution in [2.45, 2.75) is 38.0 Å². The van der Waals surface area contributed by atoms with Crippen LogP contribution in [0, 0.1) is 11.7 Å². The van der Waals surface area contributed by atoms with E-state index in [1.807, 2.05) is 12.1 Å². The minimum absolute atomic E-state index is 0. The van der Waals surface area contributed by atoms with Gasteiger partial charge in [-0.15, -0.1) is 24.0 Å². The number of nitrogens with two attached hydrogens (primary N) is 1. The van der Waals surface area contributed by atoms with Gasteiger partial charge >= 0.3 is 0 Å². The summed E-state index contributed by atoms with van der Waals surface area (Å²) in [5, 5.41) is 0. The molecule has 2 fully saturated rings. The third kappa shape index (κ3) is 3.91. The number of nitrogens with zero attached hydrogens (tertiary/aromatic N) is 2. The summed E-state index contributed by atoms with van der Waals surface area (Å²) in [4.78, 5) is 6.83. The average molecular weight is 417 g/mol. The Bertz CT molecular complexity index is 517. The van der Waals surface area contributed by atoms with E-state index in [2.05, 4.69) is 16.8 Å². The second kappa shape index (κ2) is 7.15. The number of hydrogen-bond acceptors (Lipinski definition) is 1. The van der Waals surface area contributed by atoms with Crippen molar-refractivity contribution in [3.05, 3.63) is 35.6 Å². The van der Waals surface area contributed by atoms with Crippen molar-refractivity contribution in [1.29, 1.82) is 0 Å². The fraction of sp³-hybridized carbons (Fsp3) is 0.588. The molecule has 1 saturated carbocycles. The van der Waals surface area contributed by atoms with Gasteiger partial charge in [-0.3, -0.25) is 4.99 Å². The first-order chi connectivity index (χ1) is 10.1. The highest BCUT2D eigenvalue weighted by Crippen LogP contribution is 2.48. The van der Waals surface area contributed by atoms with Crippen LogP contribution in [0.3, 0.4) is 0 Å². The van der Waals surface area contributed by atoms with Gasteiger partial charge in [0.05, 0.1) is 6.54 Å². The normalized spacial score (nSPS) is 21.4. The van der Waals surface area contributed by atoms with Gasteiger partial charge in [0, 0.05) is 18.5 Å². The molecule has 22 heavy (non-hydrogen) atoms. The van der Waals surface area contributed by atoms with Crippen LogP contribution >= 0.6 is 24.0 Å². The number of benzene rings is 1. The molecule has 1 aliphatic carbocycles. The first-order valence-electron chi connectivity index (χ1n) is 7.90. The van der Waals surface area contributed by atoms with Gasteiger partial charge in [-0.25, -0.2) is 4.39 Å². The Morgan fingerprint density at radius 3 is 2.41 bits per heavy atom. The Morgan fingerprint density at radius 2 is 1.86 bits per heavy atom. The number of halogens is 2. The van der Waals surface area contributed by atoms with Crippen molar-refractivity contribution in [3.63, 3.8) is 0 Å². The van der Waals surface area contributed by atoms with E-state index in [1.165, 1.54) is 30.5 Å². The van der Waals surface area contributed by atoms with Crippen molar-refractivity contribution in [3.8, 4) is 0 Å². The summed E-state index contributed by atoms with van der Waals surface area (Å²) in [6, 6.07) is 6.84. The van der Waals surface area contributed by atoms with Gasteiger partial charge in [-0.1, -0.05) is 19.1 Å². The molecule has 2 N–H and O–H groups in total. The zero-order chi connectivity index (χ0) is 14.9. The van der Waals surface area contributed by atoms with E-state index < -0.39 is 0 Å². The zero-order valence-electron chi connectivity index (χ0n) is 13.1. The second-order valence-corrected chi connectivity index (χ2v) is 6.63. The summed E-state index contributed by atoms with van der Waals surface area (Å²) in [6.07, 6.45) is 4.62. The number of aliphatic imine (C=N–C) groups is 1. The van der Waals surface area contributed by atoms with Crippen LogP contribution in [0.15, 0.2) is 29.3 Å². The van der Waals surface area contributed by atoms with Gasteiger partial charge in [-0.05, 0) is 49.3 Å². The molecule has 122 valence electrons. The van der Waals surface area contributed by atoms with E-state index in [4.69, 9.17) is 5.73 Å². The van der Waals surface area contributed by atoms with Crippen LogP contribution in [0.1, 0.15) is 38.2 Å². The first kappa shape index (κ1) is 17.5. The minimum Gasteiger partial charge on any atom is -0.370 e. The molecule has 3 nitrogen and oxygen atoms in total. The summed E-state index contributed by atoms with van der Waals surface area (Å²) >= 11 is 0. The summed E-state index contributed by atoms with van der Waals surface area (Å²) < 4.78 is 13.0. The Labute approximate surface area is 149 Å². The number of hydrogen-bond donors (Lipinski definition) is 1. The van der Waals surface area contributed by atoms with Crippen molar-refractivity contribution >= 4 is 29.9 Å². The topological polar surface area (TPSA) is 41.6 Å². The lowest BCUT2D eigenvalue weighted by atomic mass is 9.96. The Hall–Kier alpha value is -0.850. The highest BCUT2D eigenvalue weighted by molar-refractivity contribution is 14.0. The van der Waals surface area contributed by atoms with Crippen molar-refractivity contribution < 1.29 is 4.39 Å². The highest BCUT2D eigenvalue weighted by atomic mass is 127. The minimum atomic E-state index is -0.181. The lowest BCUT2D eigenvalue weighted by Gasteiger charge is -2.31. The van der Waals surface area contributed by atoms with Crippen LogP contribution in [0.25, 0.3) is 0 Å². The molecule has 0 radical (unpaired) electrons. The molecule has 1 saturated heterocycles. The molecule has 0 aromatic heterocycles. The number of guanidine groups is 1. The molecule has 0 atom stereocenters. The molecule has 1 aliphatic heterocycles. The lowest BCUT2D eigenvalue weighted by Crippen LogP contribution is -2.42.